The van der Waals surface area contributed by atoms with Crippen LogP contribution < -0.4 is 5.32 Å². The Hall–Kier alpha value is -0.460. The van der Waals surface area contributed by atoms with Gasteiger partial charge in [-0.3, -0.25) is 9.32 Å². The van der Waals surface area contributed by atoms with Crippen LogP contribution in [0.1, 0.15) is 284 Å². The van der Waals surface area contributed by atoms with Crippen molar-refractivity contribution in [2.24, 2.45) is 0 Å². The van der Waals surface area contributed by atoms with Gasteiger partial charge in [0.1, 0.15) is 0 Å². The van der Waals surface area contributed by atoms with E-state index in [1.807, 2.05) is 0 Å². The van der Waals surface area contributed by atoms with Gasteiger partial charge in [0.25, 0.3) is 0 Å². The maximum Gasteiger partial charge on any atom is 0.469 e. The highest BCUT2D eigenvalue weighted by atomic mass is 31.2. The summed E-state index contributed by atoms with van der Waals surface area (Å²) in [5, 5.41) is 13.5. The predicted octanol–water partition coefficient (Wildman–Crippen LogP) is 15.4. The molecule has 0 aliphatic heterocycles. The standard InChI is InChI=1S/C48H98NO6P/c1-3-5-7-9-11-13-15-16-17-18-19-20-21-22-23-24-25-26-27-28-29-30-31-32-33-34-36-38-40-42-44-48(51)49-46(45-55-56(52,53)54)47(50)43-41-39-37-35-14-12-10-8-6-4-2/h46-47,50H,3-45H2,1-2H3,(H,49,51)(H2,52,53,54)/t46-,47+/m0/s1. The molecular weight excluding hydrogens is 718 g/mol. The minimum atomic E-state index is -4.68. The number of carbonyl (C=O) groups excluding carboxylic acids is 1. The van der Waals surface area contributed by atoms with Crippen molar-refractivity contribution in [2.45, 2.75) is 296 Å². The summed E-state index contributed by atoms with van der Waals surface area (Å²) < 4.78 is 16.0. The number of hydrogen-bond acceptors (Lipinski definition) is 4. The SMILES string of the molecule is CCCCCCCCCCCCCCCCCCCCCCCCCCCCCCCCC(=O)N[C@@H](COP(=O)(O)O)[C@H](O)CCCCCCCCCCCC. The molecule has 0 saturated heterocycles. The van der Waals surface area contributed by atoms with Gasteiger partial charge >= 0.3 is 7.82 Å². The lowest BCUT2D eigenvalue weighted by Crippen LogP contribution is -2.46. The van der Waals surface area contributed by atoms with Crippen LogP contribution in [0.5, 0.6) is 0 Å². The van der Waals surface area contributed by atoms with E-state index < -0.39 is 26.6 Å². The van der Waals surface area contributed by atoms with Gasteiger partial charge in [0.15, 0.2) is 0 Å². The summed E-state index contributed by atoms with van der Waals surface area (Å²) in [6.45, 7) is 4.13. The highest BCUT2D eigenvalue weighted by Gasteiger charge is 2.25. The van der Waals surface area contributed by atoms with E-state index in [-0.39, 0.29) is 5.91 Å². The summed E-state index contributed by atoms with van der Waals surface area (Å²) in [4.78, 5) is 30.9. The zero-order chi connectivity index (χ0) is 41.1. The first kappa shape index (κ1) is 55.5. The van der Waals surface area contributed by atoms with Crippen molar-refractivity contribution in [3.8, 4) is 0 Å². The van der Waals surface area contributed by atoms with E-state index >= 15 is 0 Å². The molecule has 0 spiro atoms. The largest absolute Gasteiger partial charge is 0.469 e. The normalized spacial score (nSPS) is 13.0. The number of aliphatic hydroxyl groups is 1. The third-order valence-corrected chi connectivity index (χ3v) is 12.3. The highest BCUT2D eigenvalue weighted by Crippen LogP contribution is 2.36. The van der Waals surface area contributed by atoms with E-state index in [4.69, 9.17) is 9.79 Å². The molecule has 0 fully saturated rings. The Morgan fingerprint density at radius 3 is 0.964 bits per heavy atom. The number of nitrogens with one attached hydrogen (secondary N) is 1. The number of unbranched alkanes of at least 4 members (excludes halogenated alkanes) is 38. The second kappa shape index (κ2) is 44.1. The van der Waals surface area contributed by atoms with Gasteiger partial charge in [-0.05, 0) is 12.8 Å². The van der Waals surface area contributed by atoms with Crippen molar-refractivity contribution in [3.63, 3.8) is 0 Å². The van der Waals surface area contributed by atoms with Gasteiger partial charge in [-0.25, -0.2) is 4.57 Å². The molecular formula is C48H98NO6P. The van der Waals surface area contributed by atoms with Crippen molar-refractivity contribution in [1.82, 2.24) is 5.32 Å². The minimum Gasteiger partial charge on any atom is -0.391 e. The number of phosphoric ester groups is 1. The molecule has 4 N–H and O–H groups in total. The van der Waals surface area contributed by atoms with Crippen molar-refractivity contribution >= 4 is 13.7 Å². The van der Waals surface area contributed by atoms with Gasteiger partial charge < -0.3 is 20.2 Å². The first-order valence-corrected chi connectivity index (χ1v) is 26.5. The molecule has 0 aromatic rings. The smallest absolute Gasteiger partial charge is 0.391 e. The fraction of sp³-hybridized carbons (Fsp3) is 0.979. The molecule has 336 valence electrons. The van der Waals surface area contributed by atoms with Gasteiger partial charge in [0.05, 0.1) is 18.8 Å². The number of hydrogen-bond donors (Lipinski definition) is 4. The molecule has 2 atom stereocenters. The molecule has 0 rings (SSSR count). The van der Waals surface area contributed by atoms with E-state index in [2.05, 4.69) is 23.7 Å². The van der Waals surface area contributed by atoms with E-state index in [0.717, 1.165) is 38.5 Å². The van der Waals surface area contributed by atoms with E-state index in [1.165, 1.54) is 218 Å². The third kappa shape index (κ3) is 44.6. The molecule has 0 unspecified atom stereocenters. The summed E-state index contributed by atoms with van der Waals surface area (Å²) >= 11 is 0. The molecule has 0 saturated carbocycles. The van der Waals surface area contributed by atoms with Crippen LogP contribution in [0.2, 0.25) is 0 Å². The Balaban J connectivity index is 3.61. The number of aliphatic hydroxyl groups excluding tert-OH is 1. The summed E-state index contributed by atoms with van der Waals surface area (Å²) in [6.07, 6.45) is 52.8. The molecule has 0 radical (unpaired) electrons. The zero-order valence-corrected chi connectivity index (χ0v) is 38.5. The van der Waals surface area contributed by atoms with Gasteiger partial charge in [-0.15, -0.1) is 0 Å². The Labute approximate surface area is 349 Å². The van der Waals surface area contributed by atoms with Crippen LogP contribution in [0.15, 0.2) is 0 Å². The lowest BCUT2D eigenvalue weighted by atomic mass is 10.0. The van der Waals surface area contributed by atoms with Crippen molar-refractivity contribution in [3.05, 3.63) is 0 Å². The Bertz CT molecular complexity index is 838. The first-order valence-electron chi connectivity index (χ1n) is 25.0. The maximum absolute atomic E-state index is 12.6. The van der Waals surface area contributed by atoms with Gasteiger partial charge in [0, 0.05) is 6.42 Å². The van der Waals surface area contributed by atoms with Crippen molar-refractivity contribution < 1.29 is 28.8 Å². The van der Waals surface area contributed by atoms with Gasteiger partial charge in [-0.2, -0.15) is 0 Å². The van der Waals surface area contributed by atoms with Gasteiger partial charge in [-0.1, -0.05) is 264 Å². The quantitative estimate of drug-likeness (QED) is 0.0359. The molecule has 8 heteroatoms. The average molecular weight is 816 g/mol. The van der Waals surface area contributed by atoms with Crippen LogP contribution in [-0.4, -0.2) is 39.6 Å². The van der Waals surface area contributed by atoms with Gasteiger partial charge in [0.2, 0.25) is 5.91 Å². The first-order chi connectivity index (χ1) is 27.3. The number of phosphoric acid groups is 1. The molecule has 56 heavy (non-hydrogen) atoms. The number of amides is 1. The maximum atomic E-state index is 12.6. The fourth-order valence-electron chi connectivity index (χ4n) is 8.06. The molecule has 0 aliphatic carbocycles. The lowest BCUT2D eigenvalue weighted by Gasteiger charge is -2.24. The van der Waals surface area contributed by atoms with Crippen molar-refractivity contribution in [2.75, 3.05) is 6.61 Å². The highest BCUT2D eigenvalue weighted by molar-refractivity contribution is 7.46. The molecule has 0 bridgehead atoms. The second-order valence-electron chi connectivity index (χ2n) is 17.5. The minimum absolute atomic E-state index is 0.188. The Kier molecular flexibility index (Phi) is 43.7. The molecule has 7 nitrogen and oxygen atoms in total. The zero-order valence-electron chi connectivity index (χ0n) is 37.6. The van der Waals surface area contributed by atoms with Crippen LogP contribution in [0.3, 0.4) is 0 Å². The molecule has 0 aromatic heterocycles. The van der Waals surface area contributed by atoms with E-state index in [0.29, 0.717) is 12.8 Å². The third-order valence-electron chi connectivity index (χ3n) is 11.8. The second-order valence-corrected chi connectivity index (χ2v) is 18.7. The predicted molar refractivity (Wildman–Crippen MR) is 241 cm³/mol. The summed E-state index contributed by atoms with van der Waals surface area (Å²) in [7, 11) is -4.68. The summed E-state index contributed by atoms with van der Waals surface area (Å²) in [5.41, 5.74) is 0. The topological polar surface area (TPSA) is 116 Å². The molecule has 1 amide bonds. The molecule has 0 aliphatic rings. The van der Waals surface area contributed by atoms with Crippen molar-refractivity contribution in [1.29, 1.82) is 0 Å². The number of carbonyl (C=O) groups is 1. The van der Waals surface area contributed by atoms with E-state index in [1.54, 1.807) is 0 Å². The van der Waals surface area contributed by atoms with Crippen LogP contribution in [0.25, 0.3) is 0 Å². The average Bonchev–Trinajstić information content (AvgIpc) is 3.17. The van der Waals surface area contributed by atoms with Crippen LogP contribution in [0, 0.1) is 0 Å². The lowest BCUT2D eigenvalue weighted by molar-refractivity contribution is -0.123. The monoisotopic (exact) mass is 816 g/mol. The van der Waals surface area contributed by atoms with Crippen LogP contribution in [0.4, 0.5) is 0 Å². The summed E-state index contributed by atoms with van der Waals surface area (Å²) in [5.74, 6) is -0.188. The van der Waals surface area contributed by atoms with Crippen LogP contribution >= 0.6 is 7.82 Å². The Morgan fingerprint density at radius 1 is 0.446 bits per heavy atom. The summed E-state index contributed by atoms with van der Waals surface area (Å²) in [6, 6.07) is -0.817. The van der Waals surface area contributed by atoms with Crippen LogP contribution in [-0.2, 0) is 13.9 Å². The molecule has 0 heterocycles. The molecule has 0 aromatic carbocycles. The number of rotatable bonds is 47. The fourth-order valence-corrected chi connectivity index (χ4v) is 8.41. The Morgan fingerprint density at radius 2 is 0.696 bits per heavy atom. The van der Waals surface area contributed by atoms with E-state index in [9.17, 15) is 14.5 Å².